The molecule has 0 bridgehead atoms. The minimum absolute atomic E-state index is 0.0693. The Morgan fingerprint density at radius 1 is 1.10 bits per heavy atom. The second-order valence-corrected chi connectivity index (χ2v) is 9.31. The standard InChI is InChI=1S/C21H32O7S/c22-15(13-28-16-6-2-1-3-7-16)9-10-18-17(19(23)12-20(18)24)8-4-5-11-29(27)14-21(25)26/h1-3,6-7,15,17-20,22-24H,4-5,8-14H2,(H,25,26)/t15-,17-,18-,19+,20-,29?/m1/s1. The Morgan fingerprint density at radius 3 is 2.41 bits per heavy atom. The van der Waals surface area contributed by atoms with E-state index in [1.54, 1.807) is 0 Å². The molecule has 1 unspecified atom stereocenters. The van der Waals surface area contributed by atoms with E-state index in [2.05, 4.69) is 0 Å². The molecule has 8 heteroatoms. The number of carboxylic acids is 1. The number of ether oxygens (including phenoxy) is 1. The normalized spacial score (nSPS) is 26.2. The first-order chi connectivity index (χ1) is 13.9. The van der Waals surface area contributed by atoms with Gasteiger partial charge in [0, 0.05) is 16.6 Å². The van der Waals surface area contributed by atoms with Crippen LogP contribution in [0.25, 0.3) is 0 Å². The van der Waals surface area contributed by atoms with Crippen LogP contribution >= 0.6 is 0 Å². The number of carbonyl (C=O) groups is 1. The summed E-state index contributed by atoms with van der Waals surface area (Å²) >= 11 is 0. The highest BCUT2D eigenvalue weighted by atomic mass is 32.2. The zero-order valence-corrected chi connectivity index (χ0v) is 17.4. The van der Waals surface area contributed by atoms with Gasteiger partial charge in [0.25, 0.3) is 0 Å². The van der Waals surface area contributed by atoms with Crippen LogP contribution in [0.4, 0.5) is 0 Å². The number of para-hydroxylation sites is 1. The van der Waals surface area contributed by atoms with Crippen LogP contribution < -0.4 is 4.74 Å². The molecule has 1 aromatic carbocycles. The van der Waals surface area contributed by atoms with Gasteiger partial charge in [0.2, 0.25) is 0 Å². The first kappa shape index (κ1) is 23.8. The third-order valence-electron chi connectivity index (χ3n) is 5.48. The minimum atomic E-state index is -1.36. The van der Waals surface area contributed by atoms with E-state index >= 15 is 0 Å². The van der Waals surface area contributed by atoms with Crippen molar-refractivity contribution >= 4 is 16.8 Å². The smallest absolute Gasteiger partial charge is 0.316 e. The number of hydrogen-bond donors (Lipinski definition) is 4. The first-order valence-electron chi connectivity index (χ1n) is 10.2. The van der Waals surface area contributed by atoms with Crippen LogP contribution in [-0.4, -0.2) is 67.0 Å². The maximum absolute atomic E-state index is 11.6. The molecule has 0 spiro atoms. The number of unbranched alkanes of at least 4 members (excludes halogenated alkanes) is 1. The summed E-state index contributed by atoms with van der Waals surface area (Å²) in [6.45, 7) is 0.176. The fourth-order valence-corrected chi connectivity index (χ4v) is 4.96. The van der Waals surface area contributed by atoms with Gasteiger partial charge in [-0.25, -0.2) is 0 Å². The highest BCUT2D eigenvalue weighted by Crippen LogP contribution is 2.39. The molecule has 164 valence electrons. The van der Waals surface area contributed by atoms with Crippen LogP contribution in [0.3, 0.4) is 0 Å². The van der Waals surface area contributed by atoms with E-state index in [4.69, 9.17) is 9.84 Å². The van der Waals surface area contributed by atoms with Gasteiger partial charge in [0.1, 0.15) is 18.1 Å². The molecule has 0 aromatic heterocycles. The number of aliphatic hydroxyl groups is 3. The molecule has 6 atom stereocenters. The van der Waals surface area contributed by atoms with Gasteiger partial charge >= 0.3 is 5.97 Å². The third kappa shape index (κ3) is 8.42. The summed E-state index contributed by atoms with van der Waals surface area (Å²) in [5.74, 6) is -0.539. The lowest BCUT2D eigenvalue weighted by Crippen LogP contribution is -2.25. The van der Waals surface area contributed by atoms with E-state index in [-0.39, 0.29) is 24.2 Å². The topological polar surface area (TPSA) is 124 Å². The summed E-state index contributed by atoms with van der Waals surface area (Å²) in [5.41, 5.74) is 0. The Morgan fingerprint density at radius 2 is 1.76 bits per heavy atom. The average Bonchev–Trinajstić information content (AvgIpc) is 2.94. The van der Waals surface area contributed by atoms with E-state index in [0.717, 1.165) is 6.42 Å². The zero-order chi connectivity index (χ0) is 21.2. The van der Waals surface area contributed by atoms with Gasteiger partial charge in [0.15, 0.2) is 0 Å². The largest absolute Gasteiger partial charge is 0.491 e. The van der Waals surface area contributed by atoms with Crippen LogP contribution in [0.15, 0.2) is 30.3 Å². The fourth-order valence-electron chi connectivity index (χ4n) is 4.01. The summed E-state index contributed by atoms with van der Waals surface area (Å²) in [6.07, 6.45) is 1.58. The number of rotatable bonds is 13. The highest BCUT2D eigenvalue weighted by molar-refractivity contribution is 7.85. The van der Waals surface area contributed by atoms with Gasteiger partial charge in [-0.2, -0.15) is 0 Å². The molecular formula is C21H32O7S. The van der Waals surface area contributed by atoms with Gasteiger partial charge in [0.05, 0.1) is 18.3 Å². The van der Waals surface area contributed by atoms with Gasteiger partial charge in [-0.3, -0.25) is 9.00 Å². The van der Waals surface area contributed by atoms with E-state index in [0.29, 0.717) is 43.6 Å². The lowest BCUT2D eigenvalue weighted by atomic mass is 9.85. The monoisotopic (exact) mass is 428 g/mol. The lowest BCUT2D eigenvalue weighted by Gasteiger charge is -2.24. The molecule has 0 heterocycles. The molecule has 0 saturated heterocycles. The second kappa shape index (κ2) is 12.3. The molecule has 1 saturated carbocycles. The van der Waals surface area contributed by atoms with Crippen LogP contribution in [0.2, 0.25) is 0 Å². The number of carboxylic acid groups (broad SMARTS) is 1. The van der Waals surface area contributed by atoms with Crippen LogP contribution in [0, 0.1) is 11.8 Å². The summed E-state index contributed by atoms with van der Waals surface area (Å²) in [7, 11) is -1.36. The van der Waals surface area contributed by atoms with E-state index in [1.807, 2.05) is 30.3 Å². The summed E-state index contributed by atoms with van der Waals surface area (Å²) in [5, 5.41) is 39.4. The molecule has 4 N–H and O–H groups in total. The predicted molar refractivity (Wildman–Crippen MR) is 110 cm³/mol. The maximum Gasteiger partial charge on any atom is 0.316 e. The third-order valence-corrected chi connectivity index (χ3v) is 6.80. The van der Waals surface area contributed by atoms with Crippen molar-refractivity contribution in [2.24, 2.45) is 11.8 Å². The van der Waals surface area contributed by atoms with Crippen LogP contribution in [0.5, 0.6) is 5.75 Å². The second-order valence-electron chi connectivity index (χ2n) is 7.73. The lowest BCUT2D eigenvalue weighted by molar-refractivity contribution is -0.133. The molecule has 0 radical (unpaired) electrons. The summed E-state index contributed by atoms with van der Waals surface area (Å²) in [6, 6.07) is 9.26. The van der Waals surface area contributed by atoms with Crippen molar-refractivity contribution in [2.45, 2.75) is 56.8 Å². The quantitative estimate of drug-likeness (QED) is 0.352. The maximum atomic E-state index is 11.6. The molecule has 2 rings (SSSR count). The Labute approximate surface area is 174 Å². The molecule has 0 amide bonds. The zero-order valence-electron chi connectivity index (χ0n) is 16.6. The summed E-state index contributed by atoms with van der Waals surface area (Å²) in [4.78, 5) is 10.5. The minimum Gasteiger partial charge on any atom is -0.491 e. The number of hydrogen-bond acceptors (Lipinski definition) is 6. The van der Waals surface area contributed by atoms with E-state index in [9.17, 15) is 24.3 Å². The van der Waals surface area contributed by atoms with Crippen molar-refractivity contribution < 1.29 is 34.2 Å². The van der Waals surface area contributed by atoms with Crippen molar-refractivity contribution in [1.82, 2.24) is 0 Å². The van der Waals surface area contributed by atoms with Crippen molar-refractivity contribution in [2.75, 3.05) is 18.1 Å². The van der Waals surface area contributed by atoms with Gasteiger partial charge in [-0.05, 0) is 56.1 Å². The number of aliphatic hydroxyl groups excluding tert-OH is 3. The Balaban J connectivity index is 1.72. The van der Waals surface area contributed by atoms with Crippen molar-refractivity contribution in [3.05, 3.63) is 30.3 Å². The number of benzene rings is 1. The Kier molecular flexibility index (Phi) is 10.1. The molecule has 7 nitrogen and oxygen atoms in total. The molecule has 0 aliphatic heterocycles. The Hall–Kier alpha value is -1.48. The molecular weight excluding hydrogens is 396 g/mol. The average molecular weight is 429 g/mol. The molecule has 1 fully saturated rings. The molecule has 1 aliphatic carbocycles. The predicted octanol–water partition coefficient (Wildman–Crippen LogP) is 1.57. The Bertz CT molecular complexity index is 639. The van der Waals surface area contributed by atoms with Crippen molar-refractivity contribution in [3.8, 4) is 5.75 Å². The van der Waals surface area contributed by atoms with Gasteiger partial charge < -0.3 is 25.2 Å². The number of aliphatic carboxylic acids is 1. The van der Waals surface area contributed by atoms with Crippen LogP contribution in [-0.2, 0) is 15.6 Å². The molecule has 1 aliphatic rings. The van der Waals surface area contributed by atoms with Crippen LogP contribution in [0.1, 0.15) is 38.5 Å². The van der Waals surface area contributed by atoms with Crippen molar-refractivity contribution in [3.63, 3.8) is 0 Å². The highest BCUT2D eigenvalue weighted by Gasteiger charge is 2.40. The fraction of sp³-hybridized carbons (Fsp3) is 0.667. The van der Waals surface area contributed by atoms with E-state index < -0.39 is 35.1 Å². The molecule has 1 aromatic rings. The first-order valence-corrected chi connectivity index (χ1v) is 11.6. The summed E-state index contributed by atoms with van der Waals surface area (Å²) < 4.78 is 17.1. The van der Waals surface area contributed by atoms with Gasteiger partial charge in [-0.1, -0.05) is 24.6 Å². The SMILES string of the molecule is O=C(O)CS(=O)CCCC[C@@H]1[C@@H](CC[C@@H](O)COc2ccccc2)[C@H](O)C[C@@H]1O. The molecule has 29 heavy (non-hydrogen) atoms. The van der Waals surface area contributed by atoms with Crippen molar-refractivity contribution in [1.29, 1.82) is 0 Å². The van der Waals surface area contributed by atoms with E-state index in [1.165, 1.54) is 0 Å². The van der Waals surface area contributed by atoms with Gasteiger partial charge in [-0.15, -0.1) is 0 Å².